The van der Waals surface area contributed by atoms with Crippen LogP contribution in [0.25, 0.3) is 0 Å². The first-order valence-electron chi connectivity index (χ1n) is 6.52. The van der Waals surface area contributed by atoms with Crippen LogP contribution in [0.4, 0.5) is 0 Å². The van der Waals surface area contributed by atoms with Gasteiger partial charge in [0.05, 0.1) is 0 Å². The number of hydrogen-bond donors (Lipinski definition) is 1. The van der Waals surface area contributed by atoms with E-state index in [0.29, 0.717) is 13.2 Å². The first-order valence-corrected chi connectivity index (χ1v) is 7.32. The van der Waals surface area contributed by atoms with Crippen LogP contribution < -0.4 is 15.2 Å². The summed E-state index contributed by atoms with van der Waals surface area (Å²) in [7, 11) is 0. The summed E-state index contributed by atoms with van der Waals surface area (Å²) in [6.07, 6.45) is 0. The summed E-state index contributed by atoms with van der Waals surface area (Å²) in [5.74, 6) is 1.66. The molecule has 1 atom stereocenters. The molecule has 0 aliphatic heterocycles. The Morgan fingerprint density at radius 2 is 1.65 bits per heavy atom. The van der Waals surface area contributed by atoms with Crippen molar-refractivity contribution in [3.05, 3.63) is 58.6 Å². The minimum atomic E-state index is -0.000149. The van der Waals surface area contributed by atoms with Gasteiger partial charge < -0.3 is 15.2 Å². The molecule has 0 aromatic heterocycles. The monoisotopic (exact) mass is 335 g/mol. The SMILES string of the molecule is C[C@@H](N)c1ccc(OCCOc2ccccc2)cc1Br. The summed E-state index contributed by atoms with van der Waals surface area (Å²) in [5.41, 5.74) is 6.93. The van der Waals surface area contributed by atoms with Gasteiger partial charge in [0.1, 0.15) is 24.7 Å². The van der Waals surface area contributed by atoms with E-state index in [0.717, 1.165) is 21.5 Å². The Balaban J connectivity index is 1.81. The summed E-state index contributed by atoms with van der Waals surface area (Å²) in [6, 6.07) is 15.5. The molecule has 0 aliphatic rings. The Hall–Kier alpha value is -1.52. The molecule has 0 radical (unpaired) electrons. The largest absolute Gasteiger partial charge is 0.490 e. The second kappa shape index (κ2) is 7.31. The minimum absolute atomic E-state index is 0.000149. The summed E-state index contributed by atoms with van der Waals surface area (Å²) >= 11 is 3.50. The van der Waals surface area contributed by atoms with Gasteiger partial charge in [-0.05, 0) is 36.8 Å². The number of ether oxygens (including phenoxy) is 2. The predicted molar refractivity (Wildman–Crippen MR) is 84.2 cm³/mol. The molecule has 0 spiro atoms. The molecule has 4 heteroatoms. The topological polar surface area (TPSA) is 44.5 Å². The van der Waals surface area contributed by atoms with Crippen molar-refractivity contribution in [3.8, 4) is 11.5 Å². The van der Waals surface area contributed by atoms with Crippen LogP contribution in [0.1, 0.15) is 18.5 Å². The van der Waals surface area contributed by atoms with Crippen molar-refractivity contribution in [2.24, 2.45) is 5.73 Å². The van der Waals surface area contributed by atoms with Crippen LogP contribution in [0, 0.1) is 0 Å². The fourth-order valence-corrected chi connectivity index (χ4v) is 2.52. The van der Waals surface area contributed by atoms with Crippen LogP contribution in [0.2, 0.25) is 0 Å². The average Bonchev–Trinajstić information content (AvgIpc) is 2.44. The van der Waals surface area contributed by atoms with E-state index < -0.39 is 0 Å². The van der Waals surface area contributed by atoms with Gasteiger partial charge in [0.25, 0.3) is 0 Å². The van der Waals surface area contributed by atoms with Crippen molar-refractivity contribution in [2.45, 2.75) is 13.0 Å². The van der Waals surface area contributed by atoms with Gasteiger partial charge >= 0.3 is 0 Å². The molecular formula is C16H18BrNO2. The molecule has 0 bridgehead atoms. The highest BCUT2D eigenvalue weighted by Crippen LogP contribution is 2.26. The van der Waals surface area contributed by atoms with E-state index >= 15 is 0 Å². The van der Waals surface area contributed by atoms with Crippen molar-refractivity contribution in [2.75, 3.05) is 13.2 Å². The molecule has 106 valence electrons. The number of halogens is 1. The third-order valence-corrected chi connectivity index (χ3v) is 3.51. The van der Waals surface area contributed by atoms with Gasteiger partial charge in [-0.25, -0.2) is 0 Å². The van der Waals surface area contributed by atoms with Crippen LogP contribution in [0.15, 0.2) is 53.0 Å². The van der Waals surface area contributed by atoms with Crippen molar-refractivity contribution < 1.29 is 9.47 Å². The average molecular weight is 336 g/mol. The molecule has 0 saturated carbocycles. The molecule has 0 aliphatic carbocycles. The lowest BCUT2D eigenvalue weighted by molar-refractivity contribution is 0.217. The molecule has 20 heavy (non-hydrogen) atoms. The number of benzene rings is 2. The summed E-state index contributed by atoms with van der Waals surface area (Å²) < 4.78 is 12.2. The summed E-state index contributed by atoms with van der Waals surface area (Å²) in [4.78, 5) is 0. The Morgan fingerprint density at radius 3 is 2.25 bits per heavy atom. The maximum absolute atomic E-state index is 5.86. The standard InChI is InChI=1S/C16H18BrNO2/c1-12(18)15-8-7-14(11-16(15)17)20-10-9-19-13-5-3-2-4-6-13/h2-8,11-12H,9-10,18H2,1H3/t12-/m1/s1. The zero-order chi connectivity index (χ0) is 14.4. The highest BCUT2D eigenvalue weighted by Gasteiger charge is 2.06. The minimum Gasteiger partial charge on any atom is -0.490 e. The van der Waals surface area contributed by atoms with Crippen LogP contribution in [-0.4, -0.2) is 13.2 Å². The Bertz CT molecular complexity index is 543. The molecule has 2 aromatic rings. The smallest absolute Gasteiger partial charge is 0.122 e. The van der Waals surface area contributed by atoms with Crippen molar-refractivity contribution in [1.82, 2.24) is 0 Å². The van der Waals surface area contributed by atoms with Gasteiger partial charge in [0.2, 0.25) is 0 Å². The van der Waals surface area contributed by atoms with Crippen LogP contribution in [0.5, 0.6) is 11.5 Å². The van der Waals surface area contributed by atoms with E-state index in [9.17, 15) is 0 Å². The van der Waals surface area contributed by atoms with Crippen LogP contribution in [-0.2, 0) is 0 Å². The Labute approximate surface area is 127 Å². The van der Waals surface area contributed by atoms with Gasteiger partial charge in [-0.2, -0.15) is 0 Å². The second-order valence-corrected chi connectivity index (χ2v) is 5.34. The number of hydrogen-bond acceptors (Lipinski definition) is 3. The summed E-state index contributed by atoms with van der Waals surface area (Å²) in [5, 5.41) is 0. The molecular weight excluding hydrogens is 318 g/mol. The van der Waals surface area contributed by atoms with Gasteiger partial charge in [0.15, 0.2) is 0 Å². The van der Waals surface area contributed by atoms with E-state index in [4.69, 9.17) is 15.2 Å². The van der Waals surface area contributed by atoms with E-state index in [1.54, 1.807) is 0 Å². The van der Waals surface area contributed by atoms with Crippen LogP contribution in [0.3, 0.4) is 0 Å². The van der Waals surface area contributed by atoms with Gasteiger partial charge in [-0.3, -0.25) is 0 Å². The number of nitrogens with two attached hydrogens (primary N) is 1. The third kappa shape index (κ3) is 4.25. The molecule has 2 aromatic carbocycles. The molecule has 0 fully saturated rings. The van der Waals surface area contributed by atoms with Crippen molar-refractivity contribution >= 4 is 15.9 Å². The van der Waals surface area contributed by atoms with Crippen molar-refractivity contribution in [1.29, 1.82) is 0 Å². The maximum atomic E-state index is 5.86. The molecule has 0 amide bonds. The molecule has 3 nitrogen and oxygen atoms in total. The first-order chi connectivity index (χ1) is 9.66. The fourth-order valence-electron chi connectivity index (χ4n) is 1.80. The molecule has 0 unspecified atom stereocenters. The van der Waals surface area contributed by atoms with Crippen LogP contribution >= 0.6 is 15.9 Å². The van der Waals surface area contributed by atoms with Crippen molar-refractivity contribution in [3.63, 3.8) is 0 Å². The molecule has 0 saturated heterocycles. The third-order valence-electron chi connectivity index (χ3n) is 2.83. The van der Waals surface area contributed by atoms with E-state index in [1.165, 1.54) is 0 Å². The highest BCUT2D eigenvalue weighted by molar-refractivity contribution is 9.10. The second-order valence-electron chi connectivity index (χ2n) is 4.48. The lowest BCUT2D eigenvalue weighted by Gasteiger charge is -2.12. The van der Waals surface area contributed by atoms with Gasteiger partial charge in [-0.15, -0.1) is 0 Å². The molecule has 2 rings (SSSR count). The predicted octanol–water partition coefficient (Wildman–Crippen LogP) is 3.93. The Morgan fingerprint density at radius 1 is 1.00 bits per heavy atom. The number of rotatable bonds is 6. The van der Waals surface area contributed by atoms with E-state index in [-0.39, 0.29) is 6.04 Å². The van der Waals surface area contributed by atoms with Gasteiger partial charge in [-0.1, -0.05) is 40.2 Å². The lowest BCUT2D eigenvalue weighted by Crippen LogP contribution is -2.09. The first kappa shape index (κ1) is 14.9. The van der Waals surface area contributed by atoms with Gasteiger partial charge in [0, 0.05) is 10.5 Å². The quantitative estimate of drug-likeness (QED) is 0.813. The zero-order valence-corrected chi connectivity index (χ0v) is 13.0. The van der Waals surface area contributed by atoms with E-state index in [1.807, 2.05) is 55.5 Å². The molecule has 2 N–H and O–H groups in total. The van der Waals surface area contributed by atoms with E-state index in [2.05, 4.69) is 15.9 Å². The summed E-state index contributed by atoms with van der Waals surface area (Å²) in [6.45, 7) is 2.96. The maximum Gasteiger partial charge on any atom is 0.122 e. The number of para-hydroxylation sites is 1. The zero-order valence-electron chi connectivity index (χ0n) is 11.4. The molecule has 0 heterocycles. The highest BCUT2D eigenvalue weighted by atomic mass is 79.9. The fraction of sp³-hybridized carbons (Fsp3) is 0.250. The normalized spacial score (nSPS) is 11.9. The Kier molecular flexibility index (Phi) is 5.44. The lowest BCUT2D eigenvalue weighted by atomic mass is 10.1.